The van der Waals surface area contributed by atoms with Gasteiger partial charge in [-0.3, -0.25) is 5.32 Å². The zero-order valence-corrected chi connectivity index (χ0v) is 12.5. The third kappa shape index (κ3) is 2.70. The first-order chi connectivity index (χ1) is 10.1. The van der Waals surface area contributed by atoms with E-state index in [4.69, 9.17) is 0 Å². The van der Waals surface area contributed by atoms with Gasteiger partial charge in [0, 0.05) is 14.1 Å². The Labute approximate surface area is 125 Å². The topological polar surface area (TPSA) is 75.9 Å². The molecule has 0 radical (unpaired) electrons. The number of carbonyl (C=O) groups is 1. The molecule has 0 atom stereocenters. The first kappa shape index (κ1) is 13.5. The summed E-state index contributed by atoms with van der Waals surface area (Å²) in [6.45, 7) is 0.413. The number of amides is 2. The molecule has 0 saturated carbocycles. The van der Waals surface area contributed by atoms with Crippen molar-refractivity contribution >= 4 is 33.5 Å². The highest BCUT2D eigenvalue weighted by Gasteiger charge is 2.14. The van der Waals surface area contributed by atoms with Gasteiger partial charge in [0.25, 0.3) is 0 Å². The zero-order chi connectivity index (χ0) is 14.8. The summed E-state index contributed by atoms with van der Waals surface area (Å²) < 4.78 is 1.99. The lowest BCUT2D eigenvalue weighted by Gasteiger charge is -2.16. The van der Waals surface area contributed by atoms with Crippen LogP contribution in [-0.2, 0) is 13.6 Å². The molecule has 3 rings (SSSR count). The van der Waals surface area contributed by atoms with Crippen molar-refractivity contribution < 1.29 is 4.79 Å². The normalized spacial score (nSPS) is 10.8. The second-order valence-corrected chi connectivity index (χ2v) is 5.44. The zero-order valence-electron chi connectivity index (χ0n) is 11.6. The van der Waals surface area contributed by atoms with Gasteiger partial charge in [-0.1, -0.05) is 23.5 Å². The number of anilines is 1. The summed E-state index contributed by atoms with van der Waals surface area (Å²) in [6.07, 6.45) is 0. The van der Waals surface area contributed by atoms with Crippen LogP contribution >= 0.6 is 11.3 Å². The van der Waals surface area contributed by atoms with Gasteiger partial charge in [0.1, 0.15) is 11.3 Å². The van der Waals surface area contributed by atoms with Crippen LogP contribution in [0.4, 0.5) is 9.93 Å². The van der Waals surface area contributed by atoms with E-state index >= 15 is 0 Å². The fourth-order valence-electron chi connectivity index (χ4n) is 2.04. The number of nitrogens with zero attached hydrogens (tertiary/aromatic N) is 5. The molecule has 21 heavy (non-hydrogen) atoms. The predicted octanol–water partition coefficient (Wildman–Crippen LogP) is 2.09. The van der Waals surface area contributed by atoms with E-state index in [1.54, 1.807) is 17.5 Å². The van der Waals surface area contributed by atoms with Gasteiger partial charge in [0.05, 0.1) is 17.6 Å². The fraction of sp³-hybridized carbons (Fsp3) is 0.231. The number of nitrogens with one attached hydrogen (secondary N) is 1. The van der Waals surface area contributed by atoms with Crippen molar-refractivity contribution in [3.05, 3.63) is 35.6 Å². The average Bonchev–Trinajstić information content (AvgIpc) is 3.08. The first-order valence-electron chi connectivity index (χ1n) is 6.34. The number of hydrogen-bond acceptors (Lipinski definition) is 5. The van der Waals surface area contributed by atoms with Crippen LogP contribution in [0.15, 0.2) is 29.8 Å². The lowest BCUT2D eigenvalue weighted by Crippen LogP contribution is -2.31. The number of hydrogen-bond donors (Lipinski definition) is 1. The van der Waals surface area contributed by atoms with Gasteiger partial charge in [-0.25, -0.2) is 9.78 Å². The maximum atomic E-state index is 12.1. The number of aromatic nitrogens is 4. The largest absolute Gasteiger partial charge is 0.330 e. The van der Waals surface area contributed by atoms with E-state index in [1.807, 2.05) is 35.9 Å². The Kier molecular flexibility index (Phi) is 3.53. The lowest BCUT2D eigenvalue weighted by atomic mass is 10.3. The van der Waals surface area contributed by atoms with Gasteiger partial charge in [-0.15, -0.1) is 10.2 Å². The van der Waals surface area contributed by atoms with E-state index in [-0.39, 0.29) is 6.03 Å². The third-order valence-electron chi connectivity index (χ3n) is 3.18. The Hall–Kier alpha value is -2.48. The number of rotatable bonds is 3. The van der Waals surface area contributed by atoms with Crippen molar-refractivity contribution in [3.8, 4) is 0 Å². The summed E-state index contributed by atoms with van der Waals surface area (Å²) in [7, 11) is 3.66. The monoisotopic (exact) mass is 302 g/mol. The summed E-state index contributed by atoms with van der Waals surface area (Å²) in [5.74, 6) is 0.825. The van der Waals surface area contributed by atoms with Gasteiger partial charge in [0.15, 0.2) is 0 Å². The van der Waals surface area contributed by atoms with Crippen LogP contribution in [0.25, 0.3) is 11.0 Å². The molecule has 0 aliphatic carbocycles. The molecule has 8 heteroatoms. The molecular weight excluding hydrogens is 288 g/mol. The van der Waals surface area contributed by atoms with E-state index in [2.05, 4.69) is 20.5 Å². The summed E-state index contributed by atoms with van der Waals surface area (Å²) >= 11 is 1.28. The van der Waals surface area contributed by atoms with Crippen LogP contribution < -0.4 is 5.32 Å². The van der Waals surface area contributed by atoms with Gasteiger partial charge in [0.2, 0.25) is 5.13 Å². The highest BCUT2D eigenvalue weighted by atomic mass is 32.1. The minimum atomic E-state index is -0.237. The summed E-state index contributed by atoms with van der Waals surface area (Å²) in [5, 5.41) is 10.6. The summed E-state index contributed by atoms with van der Waals surface area (Å²) in [6, 6.07) is 7.65. The molecule has 0 bridgehead atoms. The van der Waals surface area contributed by atoms with E-state index in [9.17, 15) is 4.79 Å². The number of carbonyl (C=O) groups excluding carboxylic acids is 1. The molecule has 1 aromatic carbocycles. The number of benzene rings is 1. The second-order valence-electron chi connectivity index (χ2n) is 4.61. The van der Waals surface area contributed by atoms with Gasteiger partial charge in [-0.2, -0.15) is 0 Å². The molecule has 2 amide bonds. The Balaban J connectivity index is 1.75. The number of urea groups is 1. The van der Waals surface area contributed by atoms with Crippen LogP contribution in [0.2, 0.25) is 0 Å². The molecular formula is C13H14N6OS. The maximum Gasteiger partial charge on any atom is 0.323 e. The molecule has 0 aliphatic rings. The van der Waals surface area contributed by atoms with Gasteiger partial charge in [-0.05, 0) is 12.1 Å². The third-order valence-corrected chi connectivity index (χ3v) is 3.79. The van der Waals surface area contributed by atoms with E-state index < -0.39 is 0 Å². The Morgan fingerprint density at radius 3 is 2.95 bits per heavy atom. The quantitative estimate of drug-likeness (QED) is 0.803. The van der Waals surface area contributed by atoms with Gasteiger partial charge >= 0.3 is 6.03 Å². The number of fused-ring (bicyclic) bond motifs is 1. The SMILES string of the molecule is CN(Cc1nc2ccccc2n1C)C(=O)Nc1nncs1. The van der Waals surface area contributed by atoms with Crippen molar-refractivity contribution in [2.45, 2.75) is 6.54 Å². The fourth-order valence-corrected chi connectivity index (χ4v) is 2.47. The van der Waals surface area contributed by atoms with Crippen LogP contribution in [0.1, 0.15) is 5.82 Å². The smallest absolute Gasteiger partial charge is 0.323 e. The van der Waals surface area contributed by atoms with Crippen molar-refractivity contribution in [3.63, 3.8) is 0 Å². The number of para-hydroxylation sites is 2. The molecule has 0 fully saturated rings. The summed E-state index contributed by atoms with van der Waals surface area (Å²) in [5.41, 5.74) is 3.54. The minimum Gasteiger partial charge on any atom is -0.330 e. The van der Waals surface area contributed by atoms with Crippen molar-refractivity contribution in [1.82, 2.24) is 24.6 Å². The number of imidazole rings is 1. The van der Waals surface area contributed by atoms with Crippen LogP contribution in [0, 0.1) is 0 Å². The highest BCUT2D eigenvalue weighted by molar-refractivity contribution is 7.13. The molecule has 3 aromatic rings. The standard InChI is InChI=1S/C13H14N6OS/c1-18(13(20)16-12-17-14-8-21-12)7-11-15-9-5-3-4-6-10(9)19(11)2/h3-6,8H,7H2,1-2H3,(H,16,17,20). The van der Waals surface area contributed by atoms with Crippen LogP contribution in [0.3, 0.4) is 0 Å². The molecule has 108 valence electrons. The Morgan fingerprint density at radius 2 is 2.24 bits per heavy atom. The van der Waals surface area contributed by atoms with Crippen molar-refractivity contribution in [2.24, 2.45) is 7.05 Å². The Morgan fingerprint density at radius 1 is 1.43 bits per heavy atom. The van der Waals surface area contributed by atoms with E-state index in [0.29, 0.717) is 11.7 Å². The van der Waals surface area contributed by atoms with Crippen LogP contribution in [-0.4, -0.2) is 37.7 Å². The highest BCUT2D eigenvalue weighted by Crippen LogP contribution is 2.16. The molecule has 0 unspecified atom stereocenters. The first-order valence-corrected chi connectivity index (χ1v) is 7.22. The van der Waals surface area contributed by atoms with Crippen molar-refractivity contribution in [1.29, 1.82) is 0 Å². The molecule has 0 spiro atoms. The predicted molar refractivity (Wildman–Crippen MR) is 81.1 cm³/mol. The average molecular weight is 302 g/mol. The van der Waals surface area contributed by atoms with Crippen LogP contribution in [0.5, 0.6) is 0 Å². The molecule has 0 saturated heterocycles. The van der Waals surface area contributed by atoms with Gasteiger partial charge < -0.3 is 9.47 Å². The van der Waals surface area contributed by atoms with E-state index in [0.717, 1.165) is 16.9 Å². The second kappa shape index (κ2) is 5.49. The molecule has 7 nitrogen and oxygen atoms in total. The summed E-state index contributed by atoms with van der Waals surface area (Å²) in [4.78, 5) is 18.2. The molecule has 2 aromatic heterocycles. The molecule has 1 N–H and O–H groups in total. The van der Waals surface area contributed by atoms with Crippen molar-refractivity contribution in [2.75, 3.05) is 12.4 Å². The molecule has 2 heterocycles. The number of aryl methyl sites for hydroxylation is 1. The lowest BCUT2D eigenvalue weighted by molar-refractivity contribution is 0.219. The minimum absolute atomic E-state index is 0.237. The molecule has 0 aliphatic heterocycles. The van der Waals surface area contributed by atoms with E-state index in [1.165, 1.54) is 11.3 Å². The maximum absolute atomic E-state index is 12.1. The Bertz CT molecular complexity index is 766.